The van der Waals surface area contributed by atoms with Gasteiger partial charge < -0.3 is 9.64 Å². The molecule has 0 aromatic carbocycles. The van der Waals surface area contributed by atoms with Crippen LogP contribution in [0.2, 0.25) is 5.02 Å². The number of ether oxygens (including phenoxy) is 1. The lowest BCUT2D eigenvalue weighted by Gasteiger charge is -2.32. The highest BCUT2D eigenvalue weighted by Gasteiger charge is 2.25. The van der Waals surface area contributed by atoms with Gasteiger partial charge in [-0.05, 0) is 19.4 Å². The largest absolute Gasteiger partial charge is 0.375 e. The highest BCUT2D eigenvalue weighted by atomic mass is 35.5. The Balaban J connectivity index is 2.15. The third kappa shape index (κ3) is 2.82. The van der Waals surface area contributed by atoms with E-state index in [0.29, 0.717) is 30.3 Å². The van der Waals surface area contributed by atoms with Crippen LogP contribution in [0.1, 0.15) is 29.4 Å². The van der Waals surface area contributed by atoms with Crippen LogP contribution in [0, 0.1) is 6.92 Å². The third-order valence-electron chi connectivity index (χ3n) is 3.10. The molecule has 0 aliphatic carbocycles. The predicted octanol–water partition coefficient (Wildman–Crippen LogP) is 2.29. The van der Waals surface area contributed by atoms with Gasteiger partial charge in [0.15, 0.2) is 0 Å². The predicted molar refractivity (Wildman–Crippen MR) is 69.9 cm³/mol. The normalized spacial score (nSPS) is 19.9. The lowest BCUT2D eigenvalue weighted by Crippen LogP contribution is -2.45. The van der Waals surface area contributed by atoms with Crippen LogP contribution >= 0.6 is 11.6 Å². The molecule has 1 aromatic heterocycles. The summed E-state index contributed by atoms with van der Waals surface area (Å²) in [6.45, 7) is 5.72. The van der Waals surface area contributed by atoms with E-state index in [1.54, 1.807) is 17.2 Å². The lowest BCUT2D eigenvalue weighted by molar-refractivity contribution is -0.0226. The van der Waals surface area contributed by atoms with Gasteiger partial charge in [0.1, 0.15) is 0 Å². The summed E-state index contributed by atoms with van der Waals surface area (Å²) in [4.78, 5) is 18.3. The Morgan fingerprint density at radius 3 is 3.11 bits per heavy atom. The summed E-state index contributed by atoms with van der Waals surface area (Å²) in [6.07, 6.45) is 2.58. The van der Waals surface area contributed by atoms with Crippen LogP contribution in [0.15, 0.2) is 12.3 Å². The fraction of sp³-hybridized carbons (Fsp3) is 0.538. The first-order valence-electron chi connectivity index (χ1n) is 6.14. The molecule has 1 saturated heterocycles. The molecule has 1 atom stereocenters. The number of morpholine rings is 1. The molecule has 1 fully saturated rings. The number of carbonyl (C=O) groups is 1. The molecule has 0 spiro atoms. The van der Waals surface area contributed by atoms with Crippen LogP contribution in [-0.4, -0.2) is 41.6 Å². The molecule has 1 unspecified atom stereocenters. The van der Waals surface area contributed by atoms with Crippen molar-refractivity contribution in [2.24, 2.45) is 0 Å². The van der Waals surface area contributed by atoms with Crippen molar-refractivity contribution >= 4 is 17.5 Å². The molecule has 18 heavy (non-hydrogen) atoms. The Bertz CT molecular complexity index is 451. The van der Waals surface area contributed by atoms with E-state index in [9.17, 15) is 4.79 Å². The topological polar surface area (TPSA) is 42.4 Å². The number of nitrogens with zero attached hydrogens (tertiary/aromatic N) is 2. The number of aryl methyl sites for hydroxylation is 1. The van der Waals surface area contributed by atoms with Gasteiger partial charge in [0.2, 0.25) is 0 Å². The molecule has 2 heterocycles. The number of carbonyl (C=O) groups excluding carboxylic acids is 1. The second-order valence-corrected chi connectivity index (χ2v) is 4.86. The Labute approximate surface area is 112 Å². The summed E-state index contributed by atoms with van der Waals surface area (Å²) in [5.74, 6) is -0.0609. The van der Waals surface area contributed by atoms with Crippen molar-refractivity contribution < 1.29 is 9.53 Å². The number of pyridine rings is 1. The molecule has 1 aliphatic rings. The first-order valence-corrected chi connectivity index (χ1v) is 6.52. The van der Waals surface area contributed by atoms with Gasteiger partial charge in [0.25, 0.3) is 5.91 Å². The molecular formula is C13H17ClN2O2. The summed E-state index contributed by atoms with van der Waals surface area (Å²) >= 11 is 6.10. The van der Waals surface area contributed by atoms with E-state index < -0.39 is 0 Å². The maximum Gasteiger partial charge on any atom is 0.257 e. The zero-order valence-corrected chi connectivity index (χ0v) is 11.4. The summed E-state index contributed by atoms with van der Waals surface area (Å²) in [6, 6.07) is 1.71. The van der Waals surface area contributed by atoms with Gasteiger partial charge in [-0.25, -0.2) is 0 Å². The van der Waals surface area contributed by atoms with Gasteiger partial charge in [-0.3, -0.25) is 9.78 Å². The van der Waals surface area contributed by atoms with Gasteiger partial charge >= 0.3 is 0 Å². The maximum absolute atomic E-state index is 12.3. The summed E-state index contributed by atoms with van der Waals surface area (Å²) < 4.78 is 5.55. The molecule has 1 aliphatic heterocycles. The SMILES string of the molecule is CCC1CN(C(=O)c2cnc(C)cc2Cl)CCO1. The fourth-order valence-electron chi connectivity index (χ4n) is 2.00. The standard InChI is InChI=1S/C13H17ClN2O2/c1-3-10-8-16(4-5-18-10)13(17)11-7-15-9(2)6-12(11)14/h6-7,10H,3-5,8H2,1-2H3. The summed E-state index contributed by atoms with van der Waals surface area (Å²) in [5, 5.41) is 0.465. The van der Waals surface area contributed by atoms with Crippen LogP contribution in [-0.2, 0) is 4.74 Å². The fourth-order valence-corrected chi connectivity index (χ4v) is 2.29. The van der Waals surface area contributed by atoms with Crippen molar-refractivity contribution in [2.75, 3.05) is 19.7 Å². The molecule has 1 aromatic rings. The van der Waals surface area contributed by atoms with E-state index >= 15 is 0 Å². The number of amides is 1. The smallest absolute Gasteiger partial charge is 0.257 e. The van der Waals surface area contributed by atoms with E-state index in [-0.39, 0.29) is 12.0 Å². The monoisotopic (exact) mass is 268 g/mol. The van der Waals surface area contributed by atoms with Crippen LogP contribution in [0.3, 0.4) is 0 Å². The molecule has 1 amide bonds. The van der Waals surface area contributed by atoms with Gasteiger partial charge in [0, 0.05) is 25.0 Å². The number of rotatable bonds is 2. The summed E-state index contributed by atoms with van der Waals surface area (Å²) in [5.41, 5.74) is 1.28. The van der Waals surface area contributed by atoms with E-state index in [1.165, 1.54) is 0 Å². The molecular weight excluding hydrogens is 252 g/mol. The van der Waals surface area contributed by atoms with Gasteiger partial charge in [-0.15, -0.1) is 0 Å². The zero-order chi connectivity index (χ0) is 13.1. The Kier molecular flexibility index (Phi) is 4.19. The second kappa shape index (κ2) is 5.67. The van der Waals surface area contributed by atoms with Crippen molar-refractivity contribution in [3.05, 3.63) is 28.5 Å². The Hall–Kier alpha value is -1.13. The van der Waals surface area contributed by atoms with E-state index in [1.807, 2.05) is 6.92 Å². The van der Waals surface area contributed by atoms with Crippen LogP contribution in [0.5, 0.6) is 0 Å². The van der Waals surface area contributed by atoms with Crippen molar-refractivity contribution in [1.29, 1.82) is 0 Å². The number of aromatic nitrogens is 1. The summed E-state index contributed by atoms with van der Waals surface area (Å²) in [7, 11) is 0. The molecule has 0 bridgehead atoms. The average Bonchev–Trinajstić information content (AvgIpc) is 2.38. The lowest BCUT2D eigenvalue weighted by atomic mass is 10.2. The van der Waals surface area contributed by atoms with E-state index in [4.69, 9.17) is 16.3 Å². The molecule has 4 nitrogen and oxygen atoms in total. The highest BCUT2D eigenvalue weighted by Crippen LogP contribution is 2.19. The van der Waals surface area contributed by atoms with Crippen LogP contribution in [0.4, 0.5) is 0 Å². The van der Waals surface area contributed by atoms with Crippen molar-refractivity contribution in [1.82, 2.24) is 9.88 Å². The minimum Gasteiger partial charge on any atom is -0.375 e. The molecule has 0 N–H and O–H groups in total. The number of hydrogen-bond donors (Lipinski definition) is 0. The van der Waals surface area contributed by atoms with Gasteiger partial charge in [-0.2, -0.15) is 0 Å². The molecule has 0 radical (unpaired) electrons. The van der Waals surface area contributed by atoms with Crippen molar-refractivity contribution in [3.63, 3.8) is 0 Å². The van der Waals surface area contributed by atoms with Crippen LogP contribution in [0.25, 0.3) is 0 Å². The zero-order valence-electron chi connectivity index (χ0n) is 10.6. The molecule has 5 heteroatoms. The third-order valence-corrected chi connectivity index (χ3v) is 3.41. The number of halogens is 1. The average molecular weight is 269 g/mol. The Morgan fingerprint density at radius 1 is 1.67 bits per heavy atom. The van der Waals surface area contributed by atoms with E-state index in [0.717, 1.165) is 12.1 Å². The molecule has 0 saturated carbocycles. The molecule has 2 rings (SSSR count). The minimum atomic E-state index is -0.0609. The van der Waals surface area contributed by atoms with Gasteiger partial charge in [-0.1, -0.05) is 18.5 Å². The second-order valence-electron chi connectivity index (χ2n) is 4.46. The Morgan fingerprint density at radius 2 is 2.44 bits per heavy atom. The van der Waals surface area contributed by atoms with Gasteiger partial charge in [0.05, 0.1) is 23.3 Å². The minimum absolute atomic E-state index is 0.0609. The highest BCUT2D eigenvalue weighted by molar-refractivity contribution is 6.33. The maximum atomic E-state index is 12.3. The number of hydrogen-bond acceptors (Lipinski definition) is 3. The van der Waals surface area contributed by atoms with Crippen molar-refractivity contribution in [3.8, 4) is 0 Å². The first-order chi connectivity index (χ1) is 8.61. The first kappa shape index (κ1) is 13.3. The van der Waals surface area contributed by atoms with Crippen molar-refractivity contribution in [2.45, 2.75) is 26.4 Å². The van der Waals surface area contributed by atoms with E-state index in [2.05, 4.69) is 11.9 Å². The molecule has 98 valence electrons. The quantitative estimate of drug-likeness (QED) is 0.827. The van der Waals surface area contributed by atoms with Crippen LogP contribution < -0.4 is 0 Å².